The molecule has 1 saturated heterocycles. The summed E-state index contributed by atoms with van der Waals surface area (Å²) in [6.45, 7) is 1.42. The van der Waals surface area contributed by atoms with Gasteiger partial charge in [0.15, 0.2) is 0 Å². The van der Waals surface area contributed by atoms with Crippen LogP contribution in [0.5, 0.6) is 0 Å². The molecule has 22 heavy (non-hydrogen) atoms. The average molecular weight is 307 g/mol. The Kier molecular flexibility index (Phi) is 5.05. The third-order valence-electron chi connectivity index (χ3n) is 3.66. The van der Waals surface area contributed by atoms with Gasteiger partial charge in [-0.15, -0.1) is 0 Å². The molecule has 2 rings (SSSR count). The predicted octanol–water partition coefficient (Wildman–Crippen LogP) is 1.08. The Morgan fingerprint density at radius 2 is 2.05 bits per heavy atom. The Hall–Kier alpha value is -2.48. The molecule has 1 atom stereocenters. The molecule has 1 aromatic rings. The number of rotatable bonds is 5. The van der Waals surface area contributed by atoms with Crippen molar-refractivity contribution >= 4 is 17.6 Å². The van der Waals surface area contributed by atoms with Crippen LogP contribution in [-0.2, 0) is 4.79 Å². The van der Waals surface area contributed by atoms with Crippen LogP contribution in [0.3, 0.4) is 0 Å². The third kappa shape index (κ3) is 4.01. The first kappa shape index (κ1) is 15.9. The molecule has 0 bridgehead atoms. The molecule has 1 aliphatic heterocycles. The quantitative estimate of drug-likeness (QED) is 0.621. The number of nitro groups is 1. The molecule has 8 heteroatoms. The highest BCUT2D eigenvalue weighted by Gasteiger charge is 2.25. The standard InChI is InChI=1S/C14H17N3O5/c18-13(10-3-5-12(6-4-10)17(21)22)15-9-16-7-1-2-11(8-16)14(19)20/h3-6,11H,1-2,7-9H2,(H,15,18)(H,19,20). The van der Waals surface area contributed by atoms with E-state index in [9.17, 15) is 19.7 Å². The van der Waals surface area contributed by atoms with Gasteiger partial charge in [-0.2, -0.15) is 0 Å². The summed E-state index contributed by atoms with van der Waals surface area (Å²) in [6, 6.07) is 5.33. The van der Waals surface area contributed by atoms with E-state index >= 15 is 0 Å². The minimum absolute atomic E-state index is 0.0723. The highest BCUT2D eigenvalue weighted by Crippen LogP contribution is 2.16. The van der Waals surface area contributed by atoms with E-state index in [0.717, 1.165) is 13.0 Å². The number of amides is 1. The zero-order chi connectivity index (χ0) is 16.1. The van der Waals surface area contributed by atoms with Crippen LogP contribution in [0.15, 0.2) is 24.3 Å². The summed E-state index contributed by atoms with van der Waals surface area (Å²) >= 11 is 0. The highest BCUT2D eigenvalue weighted by molar-refractivity contribution is 5.94. The van der Waals surface area contributed by atoms with E-state index in [4.69, 9.17) is 5.11 Å². The lowest BCUT2D eigenvalue weighted by molar-refractivity contribution is -0.384. The largest absolute Gasteiger partial charge is 0.481 e. The lowest BCUT2D eigenvalue weighted by Gasteiger charge is -2.30. The Morgan fingerprint density at radius 3 is 2.64 bits per heavy atom. The van der Waals surface area contributed by atoms with E-state index in [1.54, 1.807) is 0 Å². The van der Waals surface area contributed by atoms with Gasteiger partial charge in [0, 0.05) is 24.2 Å². The molecule has 0 aromatic heterocycles. The summed E-state index contributed by atoms with van der Waals surface area (Å²) in [4.78, 5) is 34.8. The van der Waals surface area contributed by atoms with Crippen LogP contribution in [0.25, 0.3) is 0 Å². The zero-order valence-electron chi connectivity index (χ0n) is 11.9. The molecule has 1 aromatic carbocycles. The fourth-order valence-corrected chi connectivity index (χ4v) is 2.42. The second-order valence-corrected chi connectivity index (χ2v) is 5.22. The summed E-state index contributed by atoms with van der Waals surface area (Å²) < 4.78 is 0. The van der Waals surface area contributed by atoms with Crippen LogP contribution >= 0.6 is 0 Å². The van der Waals surface area contributed by atoms with Crippen molar-refractivity contribution < 1.29 is 19.6 Å². The van der Waals surface area contributed by atoms with E-state index in [1.165, 1.54) is 24.3 Å². The number of hydrogen-bond donors (Lipinski definition) is 2. The molecule has 118 valence electrons. The lowest BCUT2D eigenvalue weighted by Crippen LogP contribution is -2.44. The number of hydrogen-bond acceptors (Lipinski definition) is 5. The molecule has 0 saturated carbocycles. The van der Waals surface area contributed by atoms with Crippen LogP contribution < -0.4 is 5.32 Å². The number of carboxylic acid groups (broad SMARTS) is 1. The molecule has 1 unspecified atom stereocenters. The molecular weight excluding hydrogens is 290 g/mol. The van der Waals surface area contributed by atoms with Gasteiger partial charge in [0.1, 0.15) is 0 Å². The second-order valence-electron chi connectivity index (χ2n) is 5.22. The first-order valence-corrected chi connectivity index (χ1v) is 6.95. The fraction of sp³-hybridized carbons (Fsp3) is 0.429. The van der Waals surface area contributed by atoms with E-state index in [2.05, 4.69) is 5.32 Å². The van der Waals surface area contributed by atoms with Gasteiger partial charge in [-0.25, -0.2) is 0 Å². The van der Waals surface area contributed by atoms with Crippen molar-refractivity contribution in [1.29, 1.82) is 0 Å². The summed E-state index contributed by atoms with van der Waals surface area (Å²) in [5, 5.41) is 22.3. The number of non-ortho nitro benzene ring substituents is 1. The van der Waals surface area contributed by atoms with Gasteiger partial charge in [-0.3, -0.25) is 24.6 Å². The van der Waals surface area contributed by atoms with Gasteiger partial charge in [0.2, 0.25) is 0 Å². The summed E-state index contributed by atoms with van der Waals surface area (Å²) in [6.07, 6.45) is 1.44. The van der Waals surface area contributed by atoms with Gasteiger partial charge >= 0.3 is 5.97 Å². The van der Waals surface area contributed by atoms with Crippen molar-refractivity contribution in [2.45, 2.75) is 12.8 Å². The fourth-order valence-electron chi connectivity index (χ4n) is 2.42. The van der Waals surface area contributed by atoms with Gasteiger partial charge in [-0.05, 0) is 31.5 Å². The molecule has 1 fully saturated rings. The molecule has 1 aliphatic rings. The van der Waals surface area contributed by atoms with Gasteiger partial charge in [0.25, 0.3) is 11.6 Å². The summed E-state index contributed by atoms with van der Waals surface area (Å²) in [5.74, 6) is -1.55. The molecular formula is C14H17N3O5. The number of carbonyl (C=O) groups excluding carboxylic acids is 1. The molecule has 2 N–H and O–H groups in total. The second kappa shape index (κ2) is 6.99. The molecule has 0 radical (unpaired) electrons. The van der Waals surface area contributed by atoms with E-state index < -0.39 is 16.8 Å². The van der Waals surface area contributed by atoms with Crippen molar-refractivity contribution in [1.82, 2.24) is 10.2 Å². The Bertz CT molecular complexity index is 572. The number of piperidine rings is 1. The topological polar surface area (TPSA) is 113 Å². The number of likely N-dealkylation sites (tertiary alicyclic amines) is 1. The highest BCUT2D eigenvalue weighted by atomic mass is 16.6. The van der Waals surface area contributed by atoms with Crippen LogP contribution in [0.4, 0.5) is 5.69 Å². The van der Waals surface area contributed by atoms with Crippen LogP contribution in [0, 0.1) is 16.0 Å². The van der Waals surface area contributed by atoms with E-state index in [0.29, 0.717) is 18.5 Å². The number of carbonyl (C=O) groups is 2. The molecule has 0 aliphatic carbocycles. The maximum atomic E-state index is 12.0. The SMILES string of the molecule is O=C(NCN1CCCC(C(=O)O)C1)c1ccc([N+](=O)[O-])cc1. The van der Waals surface area contributed by atoms with Gasteiger partial charge in [-0.1, -0.05) is 0 Å². The maximum Gasteiger partial charge on any atom is 0.307 e. The Labute approximate surface area is 126 Å². The lowest BCUT2D eigenvalue weighted by atomic mass is 9.99. The first-order valence-electron chi connectivity index (χ1n) is 6.95. The van der Waals surface area contributed by atoms with Crippen molar-refractivity contribution in [3.8, 4) is 0 Å². The van der Waals surface area contributed by atoms with Crippen molar-refractivity contribution in [3.05, 3.63) is 39.9 Å². The van der Waals surface area contributed by atoms with Crippen LogP contribution in [0.2, 0.25) is 0 Å². The number of carboxylic acids is 1. The normalized spacial score (nSPS) is 18.6. The van der Waals surface area contributed by atoms with E-state index in [1.807, 2.05) is 4.90 Å². The average Bonchev–Trinajstić information content (AvgIpc) is 2.53. The number of nitrogens with one attached hydrogen (secondary N) is 1. The van der Waals surface area contributed by atoms with Gasteiger partial charge < -0.3 is 10.4 Å². The van der Waals surface area contributed by atoms with E-state index in [-0.39, 0.29) is 18.3 Å². The molecule has 1 heterocycles. The maximum absolute atomic E-state index is 12.0. The number of nitrogens with zero attached hydrogens (tertiary/aromatic N) is 2. The number of aliphatic carboxylic acids is 1. The van der Waals surface area contributed by atoms with Crippen molar-refractivity contribution in [2.75, 3.05) is 19.8 Å². The summed E-state index contributed by atoms with van der Waals surface area (Å²) in [5.41, 5.74) is 0.259. The third-order valence-corrected chi connectivity index (χ3v) is 3.66. The van der Waals surface area contributed by atoms with Crippen LogP contribution in [0.1, 0.15) is 23.2 Å². The van der Waals surface area contributed by atoms with Crippen molar-refractivity contribution in [2.24, 2.45) is 5.92 Å². The smallest absolute Gasteiger partial charge is 0.307 e. The first-order chi connectivity index (χ1) is 10.5. The molecule has 1 amide bonds. The van der Waals surface area contributed by atoms with Gasteiger partial charge in [0.05, 0.1) is 17.5 Å². The summed E-state index contributed by atoms with van der Waals surface area (Å²) in [7, 11) is 0. The van der Waals surface area contributed by atoms with Crippen LogP contribution in [-0.4, -0.2) is 46.6 Å². The molecule has 8 nitrogen and oxygen atoms in total. The predicted molar refractivity (Wildman–Crippen MR) is 77.4 cm³/mol. The minimum Gasteiger partial charge on any atom is -0.481 e. The Balaban J connectivity index is 1.87. The monoisotopic (exact) mass is 307 g/mol. The number of nitro benzene ring substituents is 1. The molecule has 0 spiro atoms. The van der Waals surface area contributed by atoms with Crippen molar-refractivity contribution in [3.63, 3.8) is 0 Å². The minimum atomic E-state index is -0.814. The zero-order valence-corrected chi connectivity index (χ0v) is 11.9. The Morgan fingerprint density at radius 1 is 1.36 bits per heavy atom. The number of benzene rings is 1.